The van der Waals surface area contributed by atoms with Crippen LogP contribution >= 0.6 is 0 Å². The van der Waals surface area contributed by atoms with Crippen molar-refractivity contribution in [1.29, 1.82) is 0 Å². The molecule has 0 unspecified atom stereocenters. The van der Waals surface area contributed by atoms with Crippen LogP contribution in [0.5, 0.6) is 0 Å². The van der Waals surface area contributed by atoms with E-state index in [0.29, 0.717) is 31.6 Å². The highest BCUT2D eigenvalue weighted by atomic mass is 19.3. The normalized spacial score (nSPS) is 51.0. The molecule has 4 aliphatic carbocycles. The van der Waals surface area contributed by atoms with Gasteiger partial charge in [0.15, 0.2) is 5.78 Å². The molecule has 3 fully saturated rings. The molecule has 6 atom stereocenters. The van der Waals surface area contributed by atoms with Crippen LogP contribution in [-0.4, -0.2) is 22.9 Å². The summed E-state index contributed by atoms with van der Waals surface area (Å²) in [5.74, 6) is 0.790. The molecule has 0 aromatic carbocycles. The van der Waals surface area contributed by atoms with E-state index in [9.17, 15) is 18.7 Å². The van der Waals surface area contributed by atoms with Crippen molar-refractivity contribution in [2.45, 2.75) is 77.2 Å². The summed E-state index contributed by atoms with van der Waals surface area (Å²) >= 11 is 0. The lowest BCUT2D eigenvalue weighted by atomic mass is 9.46. The number of rotatable bonds is 1. The number of carbonyl (C=O) groups is 1. The zero-order chi connectivity index (χ0) is 17.3. The highest BCUT2D eigenvalue weighted by Gasteiger charge is 2.68. The second kappa shape index (κ2) is 5.12. The number of aliphatic hydroxyl groups is 1. The van der Waals surface area contributed by atoms with Crippen molar-refractivity contribution >= 4 is 5.78 Å². The Bertz CT molecular complexity index is 596. The van der Waals surface area contributed by atoms with Crippen molar-refractivity contribution in [3.05, 3.63) is 11.6 Å². The molecule has 0 heterocycles. The van der Waals surface area contributed by atoms with Gasteiger partial charge < -0.3 is 5.11 Å². The third-order valence-electron chi connectivity index (χ3n) is 8.42. The van der Waals surface area contributed by atoms with Crippen molar-refractivity contribution in [2.24, 2.45) is 28.6 Å². The van der Waals surface area contributed by atoms with E-state index in [-0.39, 0.29) is 23.0 Å². The van der Waals surface area contributed by atoms with Gasteiger partial charge in [0.1, 0.15) is 0 Å². The van der Waals surface area contributed by atoms with Crippen molar-refractivity contribution in [3.63, 3.8) is 0 Å². The van der Waals surface area contributed by atoms with Gasteiger partial charge in [-0.05, 0) is 81.1 Å². The SMILES string of the molecule is C[C@]12CCC(=O)C=C1CC[C@@H]1[C@@H]2CC[C@@]2(C(F)F)[C@H]1CC[C@]2(C)O. The van der Waals surface area contributed by atoms with E-state index in [1.165, 1.54) is 5.57 Å². The minimum Gasteiger partial charge on any atom is -0.389 e. The van der Waals surface area contributed by atoms with Gasteiger partial charge in [-0.2, -0.15) is 0 Å². The smallest absolute Gasteiger partial charge is 0.247 e. The summed E-state index contributed by atoms with van der Waals surface area (Å²) in [5, 5.41) is 10.8. The van der Waals surface area contributed by atoms with E-state index in [4.69, 9.17) is 0 Å². The van der Waals surface area contributed by atoms with Gasteiger partial charge in [0, 0.05) is 6.42 Å². The first-order valence-electron chi connectivity index (χ1n) is 9.47. The molecular formula is C20H28F2O2. The van der Waals surface area contributed by atoms with E-state index in [0.717, 1.165) is 25.7 Å². The van der Waals surface area contributed by atoms with Crippen LogP contribution in [0, 0.1) is 28.6 Å². The van der Waals surface area contributed by atoms with Gasteiger partial charge in [0.25, 0.3) is 0 Å². The third-order valence-corrected chi connectivity index (χ3v) is 8.42. The first-order valence-corrected chi connectivity index (χ1v) is 9.47. The molecule has 4 rings (SSSR count). The van der Waals surface area contributed by atoms with Gasteiger partial charge in [-0.25, -0.2) is 8.78 Å². The summed E-state index contributed by atoms with van der Waals surface area (Å²) < 4.78 is 28.4. The second-order valence-electron chi connectivity index (χ2n) is 9.16. The summed E-state index contributed by atoms with van der Waals surface area (Å²) in [6.07, 6.45) is 4.98. The molecule has 0 aromatic heterocycles. The predicted octanol–water partition coefficient (Wildman–Crippen LogP) is 4.51. The molecule has 4 heteroatoms. The minimum atomic E-state index is -2.46. The lowest BCUT2D eigenvalue weighted by Crippen LogP contribution is -2.58. The van der Waals surface area contributed by atoms with Crippen LogP contribution in [0.3, 0.4) is 0 Å². The topological polar surface area (TPSA) is 37.3 Å². The van der Waals surface area contributed by atoms with Crippen molar-refractivity contribution < 1.29 is 18.7 Å². The maximum Gasteiger partial charge on any atom is 0.247 e. The van der Waals surface area contributed by atoms with Crippen molar-refractivity contribution in [3.8, 4) is 0 Å². The Hall–Kier alpha value is -0.770. The molecule has 4 aliphatic rings. The summed E-state index contributed by atoms with van der Waals surface area (Å²) in [4.78, 5) is 11.8. The van der Waals surface area contributed by atoms with E-state index in [2.05, 4.69) is 6.92 Å². The molecule has 0 radical (unpaired) electrons. The number of halogens is 2. The Balaban J connectivity index is 1.73. The van der Waals surface area contributed by atoms with Crippen molar-refractivity contribution in [2.75, 3.05) is 0 Å². The van der Waals surface area contributed by atoms with E-state index < -0.39 is 17.4 Å². The van der Waals surface area contributed by atoms with Gasteiger partial charge in [0.2, 0.25) is 6.43 Å². The highest BCUT2D eigenvalue weighted by Crippen LogP contribution is 2.69. The summed E-state index contributed by atoms with van der Waals surface area (Å²) in [7, 11) is 0. The number of hydrogen-bond donors (Lipinski definition) is 1. The number of ketones is 1. The average Bonchev–Trinajstić information content (AvgIpc) is 2.80. The van der Waals surface area contributed by atoms with Gasteiger partial charge in [-0.1, -0.05) is 12.5 Å². The maximum absolute atomic E-state index is 14.2. The number of alkyl halides is 2. The minimum absolute atomic E-state index is 0.000440. The quantitative estimate of drug-likeness (QED) is 0.763. The Kier molecular flexibility index (Phi) is 3.56. The first-order chi connectivity index (χ1) is 11.2. The molecule has 1 N–H and O–H groups in total. The lowest BCUT2D eigenvalue weighted by Gasteiger charge is -2.59. The largest absolute Gasteiger partial charge is 0.389 e. The molecule has 3 saturated carbocycles. The Morgan fingerprint density at radius 1 is 1.08 bits per heavy atom. The van der Waals surface area contributed by atoms with Crippen LogP contribution in [-0.2, 0) is 4.79 Å². The van der Waals surface area contributed by atoms with Crippen LogP contribution in [0.1, 0.15) is 65.2 Å². The molecule has 134 valence electrons. The fourth-order valence-electron chi connectivity index (χ4n) is 7.04. The summed E-state index contributed by atoms with van der Waals surface area (Å²) in [5.41, 5.74) is -1.22. The number of carbonyl (C=O) groups excluding carboxylic acids is 1. The van der Waals surface area contributed by atoms with Gasteiger partial charge in [-0.3, -0.25) is 4.79 Å². The fourth-order valence-corrected chi connectivity index (χ4v) is 7.04. The Morgan fingerprint density at radius 2 is 1.79 bits per heavy atom. The molecule has 24 heavy (non-hydrogen) atoms. The zero-order valence-electron chi connectivity index (χ0n) is 14.7. The third kappa shape index (κ3) is 1.92. The van der Waals surface area contributed by atoms with E-state index in [1.54, 1.807) is 6.92 Å². The fraction of sp³-hybridized carbons (Fsp3) is 0.850. The van der Waals surface area contributed by atoms with Gasteiger partial charge in [-0.15, -0.1) is 0 Å². The molecule has 0 spiro atoms. The average molecular weight is 338 g/mol. The molecule has 2 nitrogen and oxygen atoms in total. The van der Waals surface area contributed by atoms with Crippen LogP contribution < -0.4 is 0 Å². The van der Waals surface area contributed by atoms with Crippen LogP contribution in [0.15, 0.2) is 11.6 Å². The van der Waals surface area contributed by atoms with E-state index in [1.807, 2.05) is 6.08 Å². The number of fused-ring (bicyclic) bond motifs is 5. The second-order valence-corrected chi connectivity index (χ2v) is 9.16. The molecule has 0 aromatic rings. The van der Waals surface area contributed by atoms with E-state index >= 15 is 0 Å². The van der Waals surface area contributed by atoms with Gasteiger partial charge in [0.05, 0.1) is 11.0 Å². The number of allylic oxidation sites excluding steroid dienone is 1. The molecule has 0 bridgehead atoms. The Morgan fingerprint density at radius 3 is 2.50 bits per heavy atom. The predicted molar refractivity (Wildman–Crippen MR) is 87.7 cm³/mol. The summed E-state index contributed by atoms with van der Waals surface area (Å²) in [6.45, 7) is 3.89. The zero-order valence-corrected chi connectivity index (χ0v) is 14.7. The lowest BCUT2D eigenvalue weighted by molar-refractivity contribution is -0.193. The molecular weight excluding hydrogens is 310 g/mol. The molecule has 0 aliphatic heterocycles. The standard InChI is InChI=1S/C20H28F2O2/c1-18-8-5-13(23)11-12(18)3-4-14-15(18)7-10-20(17(21)22)16(14)6-9-19(20,2)24/h11,14-17,24H,3-10H2,1-2H3/t14-,15+,16+,18+,19+,20+/m1/s1. The Labute approximate surface area is 142 Å². The van der Waals surface area contributed by atoms with Gasteiger partial charge >= 0.3 is 0 Å². The number of hydrogen-bond acceptors (Lipinski definition) is 2. The first kappa shape index (κ1) is 16.7. The monoisotopic (exact) mass is 338 g/mol. The van der Waals surface area contributed by atoms with Crippen LogP contribution in [0.2, 0.25) is 0 Å². The highest BCUT2D eigenvalue weighted by molar-refractivity contribution is 5.91. The summed E-state index contributed by atoms with van der Waals surface area (Å²) in [6, 6.07) is 0. The van der Waals surface area contributed by atoms with Crippen molar-refractivity contribution in [1.82, 2.24) is 0 Å². The molecule has 0 saturated heterocycles. The molecule has 0 amide bonds. The maximum atomic E-state index is 14.2. The van der Waals surface area contributed by atoms with Crippen LogP contribution in [0.4, 0.5) is 8.78 Å². The van der Waals surface area contributed by atoms with Crippen LogP contribution in [0.25, 0.3) is 0 Å².